The summed E-state index contributed by atoms with van der Waals surface area (Å²) in [6.45, 7) is 4.20. The molecule has 1 saturated heterocycles. The van der Waals surface area contributed by atoms with Gasteiger partial charge in [0.15, 0.2) is 6.61 Å². The first-order chi connectivity index (χ1) is 11.5. The van der Waals surface area contributed by atoms with E-state index < -0.39 is 11.9 Å². The van der Waals surface area contributed by atoms with Gasteiger partial charge >= 0.3 is 5.97 Å². The molecule has 6 nitrogen and oxygen atoms in total. The number of hydrogen-bond acceptors (Lipinski definition) is 4. The minimum Gasteiger partial charge on any atom is -0.455 e. The molecule has 0 aromatic heterocycles. The summed E-state index contributed by atoms with van der Waals surface area (Å²) in [6.07, 6.45) is 1.08. The zero-order valence-electron chi connectivity index (χ0n) is 14.4. The maximum Gasteiger partial charge on any atom is 0.311 e. The van der Waals surface area contributed by atoms with E-state index in [2.05, 4.69) is 19.2 Å². The Hall–Kier alpha value is -2.37. The Morgan fingerprint density at radius 3 is 2.75 bits per heavy atom. The van der Waals surface area contributed by atoms with Crippen LogP contribution in [-0.2, 0) is 19.1 Å². The van der Waals surface area contributed by atoms with Crippen molar-refractivity contribution in [2.24, 2.45) is 5.92 Å². The third-order valence-corrected chi connectivity index (χ3v) is 4.45. The lowest BCUT2D eigenvalue weighted by Gasteiger charge is -2.23. The molecule has 0 saturated carbocycles. The van der Waals surface area contributed by atoms with E-state index in [0.717, 1.165) is 17.7 Å². The number of carbonyl (C=O) groups is 3. The largest absolute Gasteiger partial charge is 0.455 e. The number of nitrogens with zero attached hydrogens (tertiary/aromatic N) is 1. The second-order valence-corrected chi connectivity index (χ2v) is 6.05. The number of anilines is 1. The standard InChI is InChI=1S/C18H24N2O4/c1-4-12(2)14-7-5-6-8-15(14)20-10-13(9-17(20)22)18(23)24-11-16(21)19-3/h5-8,12-13H,4,9-11H2,1-3H3,(H,19,21)/t12-,13-/m1/s1. The van der Waals surface area contributed by atoms with Gasteiger partial charge in [0.1, 0.15) is 0 Å². The maximum atomic E-state index is 12.4. The highest BCUT2D eigenvalue weighted by atomic mass is 16.5. The van der Waals surface area contributed by atoms with E-state index in [0.29, 0.717) is 12.5 Å². The van der Waals surface area contributed by atoms with Crippen LogP contribution < -0.4 is 10.2 Å². The Labute approximate surface area is 142 Å². The fourth-order valence-electron chi connectivity index (χ4n) is 2.79. The summed E-state index contributed by atoms with van der Waals surface area (Å²) in [6, 6.07) is 7.79. The SMILES string of the molecule is CC[C@@H](C)c1ccccc1N1C[C@H](C(=O)OCC(=O)NC)CC1=O. The van der Waals surface area contributed by atoms with Crippen LogP contribution in [0.3, 0.4) is 0 Å². The van der Waals surface area contributed by atoms with Gasteiger partial charge in [-0.3, -0.25) is 14.4 Å². The summed E-state index contributed by atoms with van der Waals surface area (Å²) < 4.78 is 4.98. The molecular weight excluding hydrogens is 308 g/mol. The van der Waals surface area contributed by atoms with Gasteiger partial charge in [-0.25, -0.2) is 0 Å². The van der Waals surface area contributed by atoms with E-state index in [1.54, 1.807) is 4.90 Å². The Balaban J connectivity index is 2.10. The lowest BCUT2D eigenvalue weighted by molar-refractivity contribution is -0.152. The number of benzene rings is 1. The van der Waals surface area contributed by atoms with Crippen molar-refractivity contribution in [2.45, 2.75) is 32.6 Å². The first-order valence-electron chi connectivity index (χ1n) is 8.24. The fraction of sp³-hybridized carbons (Fsp3) is 0.500. The lowest BCUT2D eigenvalue weighted by atomic mass is 9.96. The number of rotatable bonds is 6. The molecule has 0 radical (unpaired) electrons. The number of likely N-dealkylation sites (N-methyl/N-ethyl adjacent to an activating group) is 1. The van der Waals surface area contributed by atoms with Crippen LogP contribution >= 0.6 is 0 Å². The number of para-hydroxylation sites is 1. The van der Waals surface area contributed by atoms with Crippen molar-refractivity contribution in [1.29, 1.82) is 0 Å². The molecule has 0 bridgehead atoms. The lowest BCUT2D eigenvalue weighted by Crippen LogP contribution is -2.30. The molecule has 1 aliphatic rings. The highest BCUT2D eigenvalue weighted by Crippen LogP contribution is 2.33. The average molecular weight is 332 g/mol. The molecule has 1 aromatic carbocycles. The highest BCUT2D eigenvalue weighted by Gasteiger charge is 2.37. The molecule has 1 aliphatic heterocycles. The minimum absolute atomic E-state index is 0.0901. The second-order valence-electron chi connectivity index (χ2n) is 6.05. The van der Waals surface area contributed by atoms with Crippen molar-refractivity contribution in [3.63, 3.8) is 0 Å². The molecule has 2 atom stereocenters. The third kappa shape index (κ3) is 3.93. The Morgan fingerprint density at radius 1 is 1.38 bits per heavy atom. The monoisotopic (exact) mass is 332 g/mol. The summed E-state index contributed by atoms with van der Waals surface area (Å²) in [4.78, 5) is 37.3. The van der Waals surface area contributed by atoms with E-state index in [-0.39, 0.29) is 24.8 Å². The van der Waals surface area contributed by atoms with Gasteiger partial charge in [-0.15, -0.1) is 0 Å². The van der Waals surface area contributed by atoms with E-state index in [1.807, 2.05) is 24.3 Å². The first kappa shape index (κ1) is 18.0. The van der Waals surface area contributed by atoms with Gasteiger partial charge in [-0.05, 0) is 24.0 Å². The summed E-state index contributed by atoms with van der Waals surface area (Å²) in [7, 11) is 1.48. The molecule has 0 aliphatic carbocycles. The molecule has 130 valence electrons. The topological polar surface area (TPSA) is 75.7 Å². The number of hydrogen-bond donors (Lipinski definition) is 1. The summed E-state index contributed by atoms with van der Waals surface area (Å²) >= 11 is 0. The average Bonchev–Trinajstić information content (AvgIpc) is 3.00. The van der Waals surface area contributed by atoms with E-state index in [1.165, 1.54) is 7.05 Å². The molecule has 1 aromatic rings. The second kappa shape index (κ2) is 7.95. The highest BCUT2D eigenvalue weighted by molar-refractivity contribution is 6.00. The van der Waals surface area contributed by atoms with Gasteiger partial charge in [0.25, 0.3) is 5.91 Å². The van der Waals surface area contributed by atoms with Crippen molar-refractivity contribution >= 4 is 23.5 Å². The molecule has 2 amide bonds. The molecule has 0 spiro atoms. The Morgan fingerprint density at radius 2 is 2.08 bits per heavy atom. The third-order valence-electron chi connectivity index (χ3n) is 4.45. The van der Waals surface area contributed by atoms with Gasteiger partial charge in [0, 0.05) is 25.7 Å². The minimum atomic E-state index is -0.535. The first-order valence-corrected chi connectivity index (χ1v) is 8.24. The van der Waals surface area contributed by atoms with Crippen LogP contribution in [-0.4, -0.2) is 38.0 Å². The van der Waals surface area contributed by atoms with Crippen LogP contribution in [0.4, 0.5) is 5.69 Å². The number of nitrogens with one attached hydrogen (secondary N) is 1. The van der Waals surface area contributed by atoms with Gasteiger partial charge in [0.2, 0.25) is 5.91 Å². The van der Waals surface area contributed by atoms with Crippen molar-refractivity contribution in [3.05, 3.63) is 29.8 Å². The molecule has 1 heterocycles. The van der Waals surface area contributed by atoms with Gasteiger partial charge in [-0.2, -0.15) is 0 Å². The molecule has 1 N–H and O–H groups in total. The normalized spacial score (nSPS) is 18.4. The Bertz CT molecular complexity index is 629. The van der Waals surface area contributed by atoms with E-state index >= 15 is 0 Å². The van der Waals surface area contributed by atoms with Crippen LogP contribution in [0.2, 0.25) is 0 Å². The van der Waals surface area contributed by atoms with Crippen molar-refractivity contribution in [3.8, 4) is 0 Å². The molecular formula is C18H24N2O4. The quantitative estimate of drug-likeness (QED) is 0.807. The summed E-state index contributed by atoms with van der Waals surface area (Å²) in [5.74, 6) is -1.17. The summed E-state index contributed by atoms with van der Waals surface area (Å²) in [5, 5.41) is 2.39. The Kier molecular flexibility index (Phi) is 5.95. The van der Waals surface area contributed by atoms with Gasteiger partial charge in [-0.1, -0.05) is 32.0 Å². The molecule has 2 rings (SSSR count). The molecule has 6 heteroatoms. The van der Waals surface area contributed by atoms with E-state index in [9.17, 15) is 14.4 Å². The molecule has 1 fully saturated rings. The number of amides is 2. The molecule has 0 unspecified atom stereocenters. The molecule has 24 heavy (non-hydrogen) atoms. The van der Waals surface area contributed by atoms with Crippen LogP contribution in [0.5, 0.6) is 0 Å². The smallest absolute Gasteiger partial charge is 0.311 e. The van der Waals surface area contributed by atoms with E-state index in [4.69, 9.17) is 4.74 Å². The van der Waals surface area contributed by atoms with Crippen LogP contribution in [0.1, 0.15) is 38.2 Å². The van der Waals surface area contributed by atoms with Crippen LogP contribution in [0.15, 0.2) is 24.3 Å². The predicted octanol–water partition coefficient (Wildman–Crippen LogP) is 1.84. The van der Waals surface area contributed by atoms with Gasteiger partial charge in [0.05, 0.1) is 5.92 Å². The van der Waals surface area contributed by atoms with Crippen molar-refractivity contribution in [2.75, 3.05) is 25.1 Å². The summed E-state index contributed by atoms with van der Waals surface area (Å²) in [5.41, 5.74) is 1.96. The fourth-order valence-corrected chi connectivity index (χ4v) is 2.79. The number of ether oxygens (including phenoxy) is 1. The van der Waals surface area contributed by atoms with Crippen LogP contribution in [0.25, 0.3) is 0 Å². The van der Waals surface area contributed by atoms with Crippen molar-refractivity contribution in [1.82, 2.24) is 5.32 Å². The zero-order valence-corrected chi connectivity index (χ0v) is 14.4. The number of esters is 1. The predicted molar refractivity (Wildman–Crippen MR) is 90.6 cm³/mol. The van der Waals surface area contributed by atoms with Crippen LogP contribution in [0, 0.1) is 5.92 Å². The van der Waals surface area contributed by atoms with Gasteiger partial charge < -0.3 is 15.0 Å². The van der Waals surface area contributed by atoms with Crippen molar-refractivity contribution < 1.29 is 19.1 Å². The maximum absolute atomic E-state index is 12.4. The number of carbonyl (C=O) groups excluding carboxylic acids is 3. The zero-order chi connectivity index (χ0) is 17.7.